The van der Waals surface area contributed by atoms with Crippen LogP contribution in [0.4, 0.5) is 16.5 Å². The lowest BCUT2D eigenvalue weighted by molar-refractivity contribution is -0.115. The highest BCUT2D eigenvalue weighted by molar-refractivity contribution is 7.13. The Morgan fingerprint density at radius 1 is 1.00 bits per heavy atom. The SMILES string of the molecule is CCOC(=O)c1ccc(NC(=O)Cc2csc(Nc3ccc(CC)cc3)n2)cc1. The Balaban J connectivity index is 1.53. The molecule has 2 aromatic carbocycles. The van der Waals surface area contributed by atoms with Gasteiger partial charge in [0.2, 0.25) is 5.91 Å². The van der Waals surface area contributed by atoms with Crippen LogP contribution in [0.2, 0.25) is 0 Å². The first-order valence-electron chi connectivity index (χ1n) is 9.44. The summed E-state index contributed by atoms with van der Waals surface area (Å²) in [7, 11) is 0. The number of ether oxygens (including phenoxy) is 1. The molecule has 0 saturated heterocycles. The van der Waals surface area contributed by atoms with Crippen molar-refractivity contribution in [1.82, 2.24) is 4.98 Å². The van der Waals surface area contributed by atoms with E-state index in [0.29, 0.717) is 23.6 Å². The van der Waals surface area contributed by atoms with Crippen LogP contribution in [0.1, 0.15) is 35.5 Å². The van der Waals surface area contributed by atoms with Crippen LogP contribution in [0.15, 0.2) is 53.9 Å². The molecule has 1 aromatic heterocycles. The number of amides is 1. The molecule has 3 rings (SSSR count). The van der Waals surface area contributed by atoms with Crippen molar-refractivity contribution in [1.29, 1.82) is 0 Å². The first-order chi connectivity index (χ1) is 14.1. The van der Waals surface area contributed by atoms with E-state index in [0.717, 1.165) is 17.2 Å². The summed E-state index contributed by atoms with van der Waals surface area (Å²) in [6, 6.07) is 14.8. The number of nitrogens with zero attached hydrogens (tertiary/aromatic N) is 1. The summed E-state index contributed by atoms with van der Waals surface area (Å²) in [4.78, 5) is 28.4. The van der Waals surface area contributed by atoms with E-state index in [4.69, 9.17) is 4.74 Å². The Morgan fingerprint density at radius 2 is 1.69 bits per heavy atom. The Bertz CT molecular complexity index is 966. The quantitative estimate of drug-likeness (QED) is 0.522. The van der Waals surface area contributed by atoms with Gasteiger partial charge in [-0.3, -0.25) is 4.79 Å². The number of anilines is 3. The van der Waals surface area contributed by atoms with Crippen molar-refractivity contribution >= 4 is 39.7 Å². The van der Waals surface area contributed by atoms with Gasteiger partial charge in [0, 0.05) is 16.8 Å². The van der Waals surface area contributed by atoms with Crippen LogP contribution in [0, 0.1) is 0 Å². The van der Waals surface area contributed by atoms with Gasteiger partial charge < -0.3 is 15.4 Å². The molecule has 0 aliphatic carbocycles. The second-order valence-electron chi connectivity index (χ2n) is 6.34. The number of hydrogen-bond acceptors (Lipinski definition) is 6. The molecule has 1 heterocycles. The van der Waals surface area contributed by atoms with E-state index in [1.165, 1.54) is 16.9 Å². The maximum Gasteiger partial charge on any atom is 0.338 e. The van der Waals surface area contributed by atoms with Crippen molar-refractivity contribution < 1.29 is 14.3 Å². The Hall–Kier alpha value is -3.19. The summed E-state index contributed by atoms with van der Waals surface area (Å²) >= 11 is 1.46. The van der Waals surface area contributed by atoms with Crippen LogP contribution < -0.4 is 10.6 Å². The first kappa shape index (κ1) is 20.5. The van der Waals surface area contributed by atoms with E-state index in [2.05, 4.69) is 34.7 Å². The number of aryl methyl sites for hydroxylation is 1. The number of benzene rings is 2. The molecule has 6 nitrogen and oxygen atoms in total. The summed E-state index contributed by atoms with van der Waals surface area (Å²) in [5.41, 5.74) is 4.01. The van der Waals surface area contributed by atoms with Gasteiger partial charge >= 0.3 is 5.97 Å². The van der Waals surface area contributed by atoms with Gasteiger partial charge in [-0.05, 0) is 55.3 Å². The summed E-state index contributed by atoms with van der Waals surface area (Å²) in [6.07, 6.45) is 1.18. The highest BCUT2D eigenvalue weighted by Crippen LogP contribution is 2.22. The van der Waals surface area contributed by atoms with Gasteiger partial charge in [0.1, 0.15) is 0 Å². The molecule has 2 N–H and O–H groups in total. The molecule has 7 heteroatoms. The average Bonchev–Trinajstić information content (AvgIpc) is 3.15. The Labute approximate surface area is 173 Å². The van der Waals surface area contributed by atoms with Gasteiger partial charge in [-0.2, -0.15) is 0 Å². The van der Waals surface area contributed by atoms with Gasteiger partial charge in [0.15, 0.2) is 5.13 Å². The van der Waals surface area contributed by atoms with E-state index < -0.39 is 0 Å². The second kappa shape index (κ2) is 9.84. The van der Waals surface area contributed by atoms with Crippen molar-refractivity contribution in [2.75, 3.05) is 17.2 Å². The molecule has 0 atom stereocenters. The van der Waals surface area contributed by atoms with Gasteiger partial charge in [-0.25, -0.2) is 9.78 Å². The average molecular weight is 410 g/mol. The van der Waals surface area contributed by atoms with Crippen LogP contribution in [-0.2, 0) is 22.4 Å². The van der Waals surface area contributed by atoms with Crippen molar-refractivity contribution in [3.05, 3.63) is 70.7 Å². The molecule has 29 heavy (non-hydrogen) atoms. The normalized spacial score (nSPS) is 10.4. The molecule has 0 spiro atoms. The van der Waals surface area contributed by atoms with Crippen LogP contribution in [0.3, 0.4) is 0 Å². The highest BCUT2D eigenvalue weighted by Gasteiger charge is 2.10. The van der Waals surface area contributed by atoms with E-state index in [1.807, 2.05) is 17.5 Å². The lowest BCUT2D eigenvalue weighted by Crippen LogP contribution is -2.14. The predicted molar refractivity (Wildman–Crippen MR) is 116 cm³/mol. The van der Waals surface area contributed by atoms with Crippen molar-refractivity contribution in [2.24, 2.45) is 0 Å². The topological polar surface area (TPSA) is 80.3 Å². The van der Waals surface area contributed by atoms with Gasteiger partial charge in [0.25, 0.3) is 0 Å². The smallest absolute Gasteiger partial charge is 0.338 e. The van der Waals surface area contributed by atoms with Crippen molar-refractivity contribution in [2.45, 2.75) is 26.7 Å². The molecular weight excluding hydrogens is 386 g/mol. The van der Waals surface area contributed by atoms with Crippen molar-refractivity contribution in [3.8, 4) is 0 Å². The lowest BCUT2D eigenvalue weighted by atomic mass is 10.1. The molecule has 0 fully saturated rings. The number of hydrogen-bond donors (Lipinski definition) is 2. The Kier molecular flexibility index (Phi) is 6.97. The van der Waals surface area contributed by atoms with Crippen LogP contribution in [0.25, 0.3) is 0 Å². The maximum atomic E-state index is 12.3. The number of carbonyl (C=O) groups is 2. The number of thiazole rings is 1. The van der Waals surface area contributed by atoms with E-state index in [-0.39, 0.29) is 18.3 Å². The molecule has 0 aliphatic heterocycles. The van der Waals surface area contributed by atoms with Crippen LogP contribution in [0.5, 0.6) is 0 Å². The fourth-order valence-electron chi connectivity index (χ4n) is 2.67. The predicted octanol–water partition coefficient (Wildman–Crippen LogP) is 4.81. The minimum atomic E-state index is -0.378. The first-order valence-corrected chi connectivity index (χ1v) is 10.3. The Morgan fingerprint density at radius 3 is 2.34 bits per heavy atom. The number of nitrogens with one attached hydrogen (secondary N) is 2. The van der Waals surface area contributed by atoms with E-state index in [9.17, 15) is 9.59 Å². The molecule has 0 bridgehead atoms. The zero-order chi connectivity index (χ0) is 20.6. The zero-order valence-corrected chi connectivity index (χ0v) is 17.2. The standard InChI is InChI=1S/C22H23N3O3S/c1-3-15-5-9-18(10-6-15)24-22-25-19(14-29-22)13-20(26)23-17-11-7-16(8-12-17)21(27)28-4-2/h5-12,14H,3-4,13H2,1-2H3,(H,23,26)(H,24,25). The highest BCUT2D eigenvalue weighted by atomic mass is 32.1. The number of esters is 1. The summed E-state index contributed by atoms with van der Waals surface area (Å²) < 4.78 is 4.94. The number of aromatic nitrogens is 1. The summed E-state index contributed by atoms with van der Waals surface area (Å²) in [5, 5.41) is 8.68. The van der Waals surface area contributed by atoms with Crippen LogP contribution in [-0.4, -0.2) is 23.5 Å². The van der Waals surface area contributed by atoms with Gasteiger partial charge in [0.05, 0.1) is 24.3 Å². The summed E-state index contributed by atoms with van der Waals surface area (Å²) in [6.45, 7) is 4.20. The van der Waals surface area contributed by atoms with Crippen molar-refractivity contribution in [3.63, 3.8) is 0 Å². The molecule has 3 aromatic rings. The molecule has 150 valence electrons. The molecule has 0 unspecified atom stereocenters. The fraction of sp³-hybridized carbons (Fsp3) is 0.227. The van der Waals surface area contributed by atoms with Gasteiger partial charge in [-0.15, -0.1) is 11.3 Å². The van der Waals surface area contributed by atoms with E-state index in [1.54, 1.807) is 31.2 Å². The van der Waals surface area contributed by atoms with E-state index >= 15 is 0 Å². The molecule has 0 saturated carbocycles. The molecular formula is C22H23N3O3S. The second-order valence-corrected chi connectivity index (χ2v) is 7.20. The largest absolute Gasteiger partial charge is 0.462 e. The summed E-state index contributed by atoms with van der Waals surface area (Å²) in [5.74, 6) is -0.546. The minimum Gasteiger partial charge on any atom is -0.462 e. The lowest BCUT2D eigenvalue weighted by Gasteiger charge is -2.06. The monoisotopic (exact) mass is 409 g/mol. The van der Waals surface area contributed by atoms with Gasteiger partial charge in [-0.1, -0.05) is 19.1 Å². The third kappa shape index (κ3) is 5.89. The molecule has 0 aliphatic rings. The zero-order valence-electron chi connectivity index (χ0n) is 16.4. The fourth-order valence-corrected chi connectivity index (χ4v) is 3.40. The third-order valence-corrected chi connectivity index (χ3v) is 4.99. The molecule has 0 radical (unpaired) electrons. The molecule has 1 amide bonds. The minimum absolute atomic E-state index is 0.168. The van der Waals surface area contributed by atoms with Crippen LogP contribution >= 0.6 is 11.3 Å². The third-order valence-electron chi connectivity index (χ3n) is 4.19. The maximum absolute atomic E-state index is 12.3. The number of carbonyl (C=O) groups excluding carboxylic acids is 2. The number of rotatable bonds is 8.